The first-order valence-electron chi connectivity index (χ1n) is 10.5. The van der Waals surface area contributed by atoms with Gasteiger partial charge >= 0.3 is 0 Å². The average Bonchev–Trinajstić information content (AvgIpc) is 3.50. The SMILES string of the molecule is O=S(=O)(Nc1ccc(-c2cn3ccccc3n2)cc1)c1ccc(S(=O)(=O)N2CCCC2)cc1. The molecule has 1 fully saturated rings. The number of aromatic nitrogens is 2. The fourth-order valence-electron chi connectivity index (χ4n) is 3.87. The van der Waals surface area contributed by atoms with Gasteiger partial charge in [-0.05, 0) is 61.4 Å². The summed E-state index contributed by atoms with van der Waals surface area (Å²) in [5.41, 5.74) is 2.87. The second-order valence-corrected chi connectivity index (χ2v) is 11.5. The van der Waals surface area contributed by atoms with Gasteiger partial charge in [0, 0.05) is 36.7 Å². The van der Waals surface area contributed by atoms with Crippen LogP contribution in [0.15, 0.2) is 88.9 Å². The molecular weight excluding hydrogens is 460 g/mol. The summed E-state index contributed by atoms with van der Waals surface area (Å²) in [6.07, 6.45) is 5.50. The Kier molecular flexibility index (Phi) is 5.43. The summed E-state index contributed by atoms with van der Waals surface area (Å²) >= 11 is 0. The molecule has 33 heavy (non-hydrogen) atoms. The van der Waals surface area contributed by atoms with E-state index < -0.39 is 20.0 Å². The average molecular weight is 483 g/mol. The molecule has 0 saturated carbocycles. The smallest absolute Gasteiger partial charge is 0.261 e. The Morgan fingerprint density at radius 2 is 1.45 bits per heavy atom. The number of pyridine rings is 1. The number of anilines is 1. The zero-order chi connectivity index (χ0) is 23.1. The predicted octanol–water partition coefficient (Wildman–Crippen LogP) is 3.59. The number of imidazole rings is 1. The lowest BCUT2D eigenvalue weighted by atomic mass is 10.1. The van der Waals surface area contributed by atoms with Crippen LogP contribution in [0, 0.1) is 0 Å². The second kappa shape index (κ2) is 8.29. The Balaban J connectivity index is 1.33. The summed E-state index contributed by atoms with van der Waals surface area (Å²) in [6.45, 7) is 0.990. The summed E-state index contributed by atoms with van der Waals surface area (Å²) in [6, 6.07) is 18.0. The summed E-state index contributed by atoms with van der Waals surface area (Å²) in [5, 5.41) is 0. The zero-order valence-corrected chi connectivity index (χ0v) is 19.3. The monoisotopic (exact) mass is 482 g/mol. The maximum absolute atomic E-state index is 12.8. The van der Waals surface area contributed by atoms with Crippen molar-refractivity contribution in [1.82, 2.24) is 13.7 Å². The van der Waals surface area contributed by atoms with E-state index in [1.165, 1.54) is 28.6 Å². The van der Waals surface area contributed by atoms with Gasteiger partial charge in [-0.15, -0.1) is 0 Å². The first-order chi connectivity index (χ1) is 15.8. The first-order valence-corrected chi connectivity index (χ1v) is 13.4. The molecule has 0 radical (unpaired) electrons. The molecule has 2 aromatic heterocycles. The standard InChI is InChI=1S/C23H22N4O4S2/c28-32(29,20-10-12-21(13-11-20)33(30,31)27-15-3-4-16-27)25-19-8-6-18(7-9-19)22-17-26-14-2-1-5-23(26)24-22/h1-2,5-14,17,25H,3-4,15-16H2. The van der Waals surface area contributed by atoms with Crippen molar-refractivity contribution in [1.29, 1.82) is 0 Å². The lowest BCUT2D eigenvalue weighted by Crippen LogP contribution is -2.27. The number of nitrogens with one attached hydrogen (secondary N) is 1. The van der Waals surface area contributed by atoms with Crippen molar-refractivity contribution in [2.75, 3.05) is 17.8 Å². The van der Waals surface area contributed by atoms with Gasteiger partial charge in [-0.1, -0.05) is 18.2 Å². The minimum Gasteiger partial charge on any atom is -0.306 e. The molecule has 0 atom stereocenters. The Morgan fingerprint density at radius 3 is 2.12 bits per heavy atom. The molecule has 1 aliphatic rings. The highest BCUT2D eigenvalue weighted by atomic mass is 32.2. The van der Waals surface area contributed by atoms with Crippen molar-refractivity contribution >= 4 is 31.4 Å². The zero-order valence-electron chi connectivity index (χ0n) is 17.6. The highest BCUT2D eigenvalue weighted by molar-refractivity contribution is 7.92. The van der Waals surface area contributed by atoms with Crippen molar-refractivity contribution in [2.45, 2.75) is 22.6 Å². The molecule has 1 N–H and O–H groups in total. The van der Waals surface area contributed by atoms with E-state index in [1.807, 2.05) is 35.0 Å². The summed E-state index contributed by atoms with van der Waals surface area (Å²) in [5.74, 6) is 0. The molecular formula is C23H22N4O4S2. The fourth-order valence-corrected chi connectivity index (χ4v) is 6.44. The maximum atomic E-state index is 12.8. The number of fused-ring (bicyclic) bond motifs is 1. The molecule has 1 saturated heterocycles. The lowest BCUT2D eigenvalue weighted by Gasteiger charge is -2.15. The van der Waals surface area contributed by atoms with E-state index in [4.69, 9.17) is 0 Å². The normalized spacial score (nSPS) is 15.2. The maximum Gasteiger partial charge on any atom is 0.261 e. The van der Waals surface area contributed by atoms with Crippen LogP contribution in [-0.4, -0.2) is 43.6 Å². The van der Waals surface area contributed by atoms with Gasteiger partial charge in [-0.25, -0.2) is 21.8 Å². The third-order valence-electron chi connectivity index (χ3n) is 5.63. The summed E-state index contributed by atoms with van der Waals surface area (Å²) < 4.78 is 56.8. The highest BCUT2D eigenvalue weighted by Gasteiger charge is 2.27. The molecule has 4 aromatic rings. The van der Waals surface area contributed by atoms with E-state index in [0.717, 1.165) is 29.7 Å². The van der Waals surface area contributed by atoms with Gasteiger partial charge in [0.1, 0.15) is 5.65 Å². The summed E-state index contributed by atoms with van der Waals surface area (Å²) in [4.78, 5) is 4.65. The quantitative estimate of drug-likeness (QED) is 0.453. The van der Waals surface area contributed by atoms with E-state index in [-0.39, 0.29) is 9.79 Å². The van der Waals surface area contributed by atoms with Crippen LogP contribution in [0.2, 0.25) is 0 Å². The van der Waals surface area contributed by atoms with Crippen LogP contribution < -0.4 is 4.72 Å². The number of hydrogen-bond donors (Lipinski definition) is 1. The predicted molar refractivity (Wildman–Crippen MR) is 126 cm³/mol. The van der Waals surface area contributed by atoms with Gasteiger partial charge in [-0.2, -0.15) is 4.31 Å². The Labute approximate surface area is 192 Å². The topological polar surface area (TPSA) is 101 Å². The van der Waals surface area contributed by atoms with E-state index in [9.17, 15) is 16.8 Å². The van der Waals surface area contributed by atoms with E-state index in [2.05, 4.69) is 9.71 Å². The molecule has 5 rings (SSSR count). The van der Waals surface area contributed by atoms with E-state index in [1.54, 1.807) is 24.3 Å². The number of nitrogens with zero attached hydrogens (tertiary/aromatic N) is 3. The molecule has 2 aromatic carbocycles. The molecule has 1 aliphatic heterocycles. The van der Waals surface area contributed by atoms with Crippen LogP contribution in [-0.2, 0) is 20.0 Å². The fraction of sp³-hybridized carbons (Fsp3) is 0.174. The van der Waals surface area contributed by atoms with Gasteiger partial charge < -0.3 is 4.40 Å². The van der Waals surface area contributed by atoms with Gasteiger partial charge in [0.05, 0.1) is 15.5 Å². The molecule has 8 nitrogen and oxygen atoms in total. The van der Waals surface area contributed by atoms with Gasteiger partial charge in [-0.3, -0.25) is 4.72 Å². The highest BCUT2D eigenvalue weighted by Crippen LogP contribution is 2.25. The van der Waals surface area contributed by atoms with Gasteiger partial charge in [0.25, 0.3) is 10.0 Å². The van der Waals surface area contributed by atoms with E-state index in [0.29, 0.717) is 18.8 Å². The molecule has 10 heteroatoms. The molecule has 0 unspecified atom stereocenters. The van der Waals surface area contributed by atoms with Crippen molar-refractivity contribution < 1.29 is 16.8 Å². The van der Waals surface area contributed by atoms with Crippen LogP contribution in [0.3, 0.4) is 0 Å². The van der Waals surface area contributed by atoms with Crippen LogP contribution in [0.25, 0.3) is 16.9 Å². The van der Waals surface area contributed by atoms with Crippen molar-refractivity contribution in [3.05, 3.63) is 79.1 Å². The van der Waals surface area contributed by atoms with Crippen LogP contribution in [0.1, 0.15) is 12.8 Å². The largest absolute Gasteiger partial charge is 0.306 e. The Bertz CT molecular complexity index is 1470. The third-order valence-corrected chi connectivity index (χ3v) is 8.94. The van der Waals surface area contributed by atoms with Crippen LogP contribution >= 0.6 is 0 Å². The number of hydrogen-bond acceptors (Lipinski definition) is 5. The molecule has 0 spiro atoms. The van der Waals surface area contributed by atoms with Crippen LogP contribution in [0.4, 0.5) is 5.69 Å². The molecule has 0 amide bonds. The van der Waals surface area contributed by atoms with Crippen LogP contribution in [0.5, 0.6) is 0 Å². The van der Waals surface area contributed by atoms with E-state index >= 15 is 0 Å². The summed E-state index contributed by atoms with van der Waals surface area (Å²) in [7, 11) is -7.46. The minimum atomic E-state index is -3.87. The van der Waals surface area contributed by atoms with Crippen molar-refractivity contribution in [3.63, 3.8) is 0 Å². The second-order valence-electron chi connectivity index (χ2n) is 7.86. The first kappa shape index (κ1) is 21.6. The molecule has 170 valence electrons. The number of sulfonamides is 2. The lowest BCUT2D eigenvalue weighted by molar-refractivity contribution is 0.477. The van der Waals surface area contributed by atoms with Gasteiger partial charge in [0.15, 0.2) is 0 Å². The van der Waals surface area contributed by atoms with Gasteiger partial charge in [0.2, 0.25) is 10.0 Å². The Hall–Kier alpha value is -3.21. The molecule has 3 heterocycles. The van der Waals surface area contributed by atoms with Crippen molar-refractivity contribution in [2.24, 2.45) is 0 Å². The van der Waals surface area contributed by atoms with Crippen molar-refractivity contribution in [3.8, 4) is 11.3 Å². The number of benzene rings is 2. The third kappa shape index (κ3) is 4.24. The molecule has 0 bridgehead atoms. The number of rotatable bonds is 6. The Morgan fingerprint density at radius 1 is 0.788 bits per heavy atom. The minimum absolute atomic E-state index is 0.00713. The molecule has 0 aliphatic carbocycles.